The van der Waals surface area contributed by atoms with E-state index in [-0.39, 0.29) is 12.0 Å². The Hall–Kier alpha value is -2.53. The number of unbranched alkanes of at least 4 members (excludes halogenated alkanes) is 1. The van der Waals surface area contributed by atoms with Gasteiger partial charge in [-0.1, -0.05) is 37.6 Å². The highest BCUT2D eigenvalue weighted by atomic mass is 16.5. The van der Waals surface area contributed by atoms with Gasteiger partial charge in [-0.05, 0) is 35.7 Å². The molecule has 28 heavy (non-hydrogen) atoms. The van der Waals surface area contributed by atoms with Crippen molar-refractivity contribution in [1.29, 1.82) is 0 Å². The van der Waals surface area contributed by atoms with Gasteiger partial charge in [-0.25, -0.2) is 0 Å². The van der Waals surface area contributed by atoms with Gasteiger partial charge in [-0.15, -0.1) is 0 Å². The number of hydrogen-bond donors (Lipinski definition) is 1. The molecule has 1 atom stereocenters. The molecule has 0 radical (unpaired) electrons. The Bertz CT molecular complexity index is 827. The van der Waals surface area contributed by atoms with Gasteiger partial charge in [0, 0.05) is 31.6 Å². The van der Waals surface area contributed by atoms with E-state index in [0.29, 0.717) is 13.1 Å². The highest BCUT2D eigenvalue weighted by Gasteiger charge is 2.32. The molecular formula is C23H27NO4. The van der Waals surface area contributed by atoms with Crippen LogP contribution in [0.5, 0.6) is 11.5 Å². The second kappa shape index (κ2) is 8.23. The number of nitrogens with zero attached hydrogens (tertiary/aromatic N) is 1. The van der Waals surface area contributed by atoms with Crippen molar-refractivity contribution in [1.82, 2.24) is 4.90 Å². The first-order chi connectivity index (χ1) is 13.6. The van der Waals surface area contributed by atoms with Crippen LogP contribution in [-0.2, 0) is 17.8 Å². The number of carboxylic acids is 1. The van der Waals surface area contributed by atoms with Crippen molar-refractivity contribution >= 4 is 5.97 Å². The zero-order valence-corrected chi connectivity index (χ0v) is 16.3. The Kier molecular flexibility index (Phi) is 5.53. The molecule has 5 nitrogen and oxygen atoms in total. The topological polar surface area (TPSA) is 59.0 Å². The van der Waals surface area contributed by atoms with Gasteiger partial charge in [0.1, 0.15) is 17.6 Å². The minimum atomic E-state index is -0.691. The van der Waals surface area contributed by atoms with E-state index >= 15 is 0 Å². The second-order valence-electron chi connectivity index (χ2n) is 7.75. The predicted molar refractivity (Wildman–Crippen MR) is 107 cm³/mol. The molecule has 0 saturated carbocycles. The van der Waals surface area contributed by atoms with Crippen LogP contribution >= 0.6 is 0 Å². The van der Waals surface area contributed by atoms with Gasteiger partial charge in [0.15, 0.2) is 0 Å². The third kappa shape index (κ3) is 4.14. The molecule has 0 amide bonds. The van der Waals surface area contributed by atoms with E-state index < -0.39 is 5.97 Å². The molecule has 2 aliphatic heterocycles. The van der Waals surface area contributed by atoms with Crippen molar-refractivity contribution in [2.45, 2.75) is 38.8 Å². The number of ether oxygens (including phenoxy) is 2. The molecule has 1 fully saturated rings. The molecule has 4 rings (SSSR count). The summed E-state index contributed by atoms with van der Waals surface area (Å²) in [5.41, 5.74) is 3.57. The largest absolute Gasteiger partial charge is 0.494 e. The Labute approximate surface area is 165 Å². The van der Waals surface area contributed by atoms with Crippen LogP contribution in [0.3, 0.4) is 0 Å². The maximum atomic E-state index is 10.9. The number of fused-ring (bicyclic) bond motifs is 1. The van der Waals surface area contributed by atoms with Crippen LogP contribution in [0.2, 0.25) is 0 Å². The number of carbonyl (C=O) groups is 1. The van der Waals surface area contributed by atoms with E-state index in [1.165, 1.54) is 16.7 Å². The zero-order chi connectivity index (χ0) is 19.5. The molecule has 0 aromatic heterocycles. The van der Waals surface area contributed by atoms with Crippen molar-refractivity contribution in [3.8, 4) is 11.5 Å². The summed E-state index contributed by atoms with van der Waals surface area (Å²) in [5.74, 6) is 0.960. The summed E-state index contributed by atoms with van der Waals surface area (Å²) in [7, 11) is 0. The van der Waals surface area contributed by atoms with Crippen LogP contribution < -0.4 is 9.47 Å². The van der Waals surface area contributed by atoms with Crippen LogP contribution in [0, 0.1) is 5.92 Å². The zero-order valence-electron chi connectivity index (χ0n) is 16.3. The number of carboxylic acid groups (broad SMARTS) is 1. The minimum Gasteiger partial charge on any atom is -0.494 e. The van der Waals surface area contributed by atoms with Gasteiger partial charge >= 0.3 is 5.97 Å². The fourth-order valence-corrected chi connectivity index (χ4v) is 3.79. The first-order valence-corrected chi connectivity index (χ1v) is 10.1. The van der Waals surface area contributed by atoms with E-state index in [1.54, 1.807) is 0 Å². The van der Waals surface area contributed by atoms with Crippen LogP contribution in [0.4, 0.5) is 0 Å². The normalized spacial score (nSPS) is 19.0. The standard InChI is InChI=1S/C23H27NO4/c1-2-3-10-27-20-8-9-21-18(11-20)12-22(28-21)17-6-4-16(5-7-17)13-24-14-19(15-24)23(25)26/h4-9,11,19,22H,2-3,10,12-15H2,1H3,(H,25,26). The fourth-order valence-electron chi connectivity index (χ4n) is 3.79. The Morgan fingerprint density at radius 3 is 2.71 bits per heavy atom. The smallest absolute Gasteiger partial charge is 0.309 e. The van der Waals surface area contributed by atoms with Gasteiger partial charge in [-0.2, -0.15) is 0 Å². The Morgan fingerprint density at radius 2 is 2.00 bits per heavy atom. The number of aliphatic carboxylic acids is 1. The number of benzene rings is 2. The van der Waals surface area contributed by atoms with Gasteiger partial charge in [0.25, 0.3) is 0 Å². The minimum absolute atomic E-state index is 0.0374. The average Bonchev–Trinajstić information content (AvgIpc) is 3.08. The summed E-state index contributed by atoms with van der Waals surface area (Å²) < 4.78 is 11.9. The monoisotopic (exact) mass is 381 g/mol. The second-order valence-corrected chi connectivity index (χ2v) is 7.75. The summed E-state index contributed by atoms with van der Waals surface area (Å²) in [6.07, 6.45) is 3.09. The molecule has 2 aromatic rings. The van der Waals surface area contributed by atoms with E-state index in [0.717, 1.165) is 43.9 Å². The molecule has 0 bridgehead atoms. The number of rotatable bonds is 8. The molecule has 5 heteroatoms. The number of hydrogen-bond acceptors (Lipinski definition) is 4. The predicted octanol–water partition coefficient (Wildman–Crippen LogP) is 4.06. The first kappa shape index (κ1) is 18.8. The van der Waals surface area contributed by atoms with Crippen LogP contribution in [0.25, 0.3) is 0 Å². The van der Waals surface area contributed by atoms with Crippen molar-refractivity contribution in [2.75, 3.05) is 19.7 Å². The molecule has 2 aromatic carbocycles. The lowest BCUT2D eigenvalue weighted by Gasteiger charge is -2.36. The van der Waals surface area contributed by atoms with Crippen molar-refractivity contribution in [3.63, 3.8) is 0 Å². The van der Waals surface area contributed by atoms with E-state index in [2.05, 4.69) is 42.2 Å². The third-order valence-electron chi connectivity index (χ3n) is 5.54. The average molecular weight is 381 g/mol. The molecule has 1 unspecified atom stereocenters. The molecule has 1 N–H and O–H groups in total. The molecule has 0 spiro atoms. The van der Waals surface area contributed by atoms with Crippen molar-refractivity contribution < 1.29 is 19.4 Å². The first-order valence-electron chi connectivity index (χ1n) is 10.1. The molecule has 1 saturated heterocycles. The van der Waals surface area contributed by atoms with E-state index in [1.807, 2.05) is 12.1 Å². The lowest BCUT2D eigenvalue weighted by Crippen LogP contribution is -2.49. The maximum absolute atomic E-state index is 10.9. The fraction of sp³-hybridized carbons (Fsp3) is 0.435. The number of likely N-dealkylation sites (tertiary alicyclic amines) is 1. The molecule has 2 heterocycles. The van der Waals surface area contributed by atoms with Crippen molar-refractivity contribution in [2.24, 2.45) is 5.92 Å². The van der Waals surface area contributed by atoms with Gasteiger partial charge < -0.3 is 14.6 Å². The van der Waals surface area contributed by atoms with E-state index in [4.69, 9.17) is 14.6 Å². The molecule has 2 aliphatic rings. The van der Waals surface area contributed by atoms with Crippen molar-refractivity contribution in [3.05, 3.63) is 59.2 Å². The van der Waals surface area contributed by atoms with Gasteiger partial charge in [0.05, 0.1) is 12.5 Å². The van der Waals surface area contributed by atoms with E-state index in [9.17, 15) is 4.79 Å². The Balaban J connectivity index is 1.33. The Morgan fingerprint density at radius 1 is 1.21 bits per heavy atom. The molecule has 148 valence electrons. The van der Waals surface area contributed by atoms with Crippen LogP contribution in [-0.4, -0.2) is 35.7 Å². The molecular weight excluding hydrogens is 354 g/mol. The summed E-state index contributed by atoms with van der Waals surface area (Å²) >= 11 is 0. The van der Waals surface area contributed by atoms with Gasteiger partial charge in [-0.3, -0.25) is 9.69 Å². The van der Waals surface area contributed by atoms with Crippen LogP contribution in [0.15, 0.2) is 42.5 Å². The maximum Gasteiger partial charge on any atom is 0.309 e. The highest BCUT2D eigenvalue weighted by Crippen LogP contribution is 2.38. The summed E-state index contributed by atoms with van der Waals surface area (Å²) in [6, 6.07) is 14.6. The third-order valence-corrected chi connectivity index (χ3v) is 5.54. The highest BCUT2D eigenvalue weighted by molar-refractivity contribution is 5.71. The quantitative estimate of drug-likeness (QED) is 0.699. The van der Waals surface area contributed by atoms with Crippen LogP contribution in [0.1, 0.15) is 42.6 Å². The summed E-state index contributed by atoms with van der Waals surface area (Å²) in [6.45, 7) is 4.99. The van der Waals surface area contributed by atoms with Gasteiger partial charge in [0.2, 0.25) is 0 Å². The summed E-state index contributed by atoms with van der Waals surface area (Å²) in [5, 5.41) is 8.97. The summed E-state index contributed by atoms with van der Waals surface area (Å²) in [4.78, 5) is 13.1. The SMILES string of the molecule is CCCCOc1ccc2c(c1)CC(c1ccc(CN3CC(C(=O)O)C3)cc1)O2. The molecule has 0 aliphatic carbocycles. The lowest BCUT2D eigenvalue weighted by molar-refractivity contribution is -0.147. The lowest BCUT2D eigenvalue weighted by atomic mass is 9.98.